The van der Waals surface area contributed by atoms with Gasteiger partial charge in [-0.2, -0.15) is 4.98 Å². The Morgan fingerprint density at radius 1 is 1.15 bits per heavy atom. The number of nitrogens with zero attached hydrogens (tertiary/aromatic N) is 3. The quantitative estimate of drug-likeness (QED) is 0.328. The van der Waals surface area contributed by atoms with Crippen molar-refractivity contribution in [2.24, 2.45) is 4.99 Å². The highest BCUT2D eigenvalue weighted by atomic mass is 127. The van der Waals surface area contributed by atoms with Crippen LogP contribution in [0, 0.1) is 0 Å². The smallest absolute Gasteiger partial charge is 0.231 e. The van der Waals surface area contributed by atoms with Crippen LogP contribution in [-0.4, -0.2) is 29.7 Å². The molecule has 0 fully saturated rings. The molecule has 0 radical (unpaired) electrons. The van der Waals surface area contributed by atoms with Crippen molar-refractivity contribution < 1.29 is 8.94 Å². The maximum Gasteiger partial charge on any atom is 0.231 e. The van der Waals surface area contributed by atoms with Gasteiger partial charge in [-0.15, -0.1) is 24.0 Å². The minimum atomic E-state index is 0. The van der Waals surface area contributed by atoms with E-state index < -0.39 is 0 Å². The molecule has 3 rings (SSSR count). The molecule has 2 aromatic heterocycles. The lowest BCUT2D eigenvalue weighted by Gasteiger charge is -2.13. The highest BCUT2D eigenvalue weighted by Crippen LogP contribution is 2.18. The third kappa shape index (κ3) is 5.32. The van der Waals surface area contributed by atoms with Gasteiger partial charge in [0.2, 0.25) is 11.7 Å². The Morgan fingerprint density at radius 3 is 2.65 bits per heavy atom. The second-order valence-electron chi connectivity index (χ2n) is 5.61. The summed E-state index contributed by atoms with van der Waals surface area (Å²) in [5, 5.41) is 10.5. The molecular weight excluding hydrogens is 445 g/mol. The molecule has 0 aliphatic carbocycles. The molecule has 0 spiro atoms. The minimum Gasteiger partial charge on any atom is -0.467 e. The van der Waals surface area contributed by atoms with Gasteiger partial charge in [0.25, 0.3) is 0 Å². The minimum absolute atomic E-state index is 0. The molecule has 0 saturated heterocycles. The summed E-state index contributed by atoms with van der Waals surface area (Å²) >= 11 is 0. The van der Waals surface area contributed by atoms with E-state index in [-0.39, 0.29) is 29.9 Å². The van der Waals surface area contributed by atoms with Gasteiger partial charge in [0.15, 0.2) is 5.96 Å². The number of guanidine groups is 1. The Balaban J connectivity index is 0.00000243. The number of hydrogen-bond donors (Lipinski definition) is 2. The fourth-order valence-corrected chi connectivity index (χ4v) is 2.28. The Kier molecular flexibility index (Phi) is 7.64. The van der Waals surface area contributed by atoms with Crippen LogP contribution in [0.4, 0.5) is 0 Å². The Bertz CT molecular complexity index is 802. The molecule has 2 heterocycles. The highest BCUT2D eigenvalue weighted by molar-refractivity contribution is 14.0. The van der Waals surface area contributed by atoms with Gasteiger partial charge in [0.05, 0.1) is 18.7 Å². The lowest BCUT2D eigenvalue weighted by atomic mass is 10.2. The fourth-order valence-electron chi connectivity index (χ4n) is 2.28. The van der Waals surface area contributed by atoms with Crippen molar-refractivity contribution in [3.8, 4) is 11.4 Å². The number of halogens is 1. The summed E-state index contributed by atoms with van der Waals surface area (Å²) in [5.74, 6) is 2.77. The molecule has 8 heteroatoms. The molecule has 1 unspecified atom stereocenters. The molecule has 3 aromatic rings. The number of nitrogens with one attached hydrogen (secondary N) is 2. The Morgan fingerprint density at radius 2 is 1.96 bits per heavy atom. The zero-order valence-corrected chi connectivity index (χ0v) is 17.0. The predicted octanol–water partition coefficient (Wildman–Crippen LogP) is 3.42. The van der Waals surface area contributed by atoms with E-state index in [1.807, 2.05) is 49.4 Å². The van der Waals surface area contributed by atoms with Crippen molar-refractivity contribution >= 4 is 29.9 Å². The molecular formula is C18H22IN5O2. The largest absolute Gasteiger partial charge is 0.467 e. The van der Waals surface area contributed by atoms with Gasteiger partial charge in [-0.25, -0.2) is 0 Å². The van der Waals surface area contributed by atoms with Gasteiger partial charge in [-0.1, -0.05) is 42.4 Å². The normalized spacial score (nSPS) is 12.3. The fraction of sp³-hybridized carbons (Fsp3) is 0.278. The molecule has 1 aromatic carbocycles. The summed E-state index contributed by atoms with van der Waals surface area (Å²) in [5.41, 5.74) is 0.939. The van der Waals surface area contributed by atoms with E-state index in [0.29, 0.717) is 30.8 Å². The van der Waals surface area contributed by atoms with Crippen molar-refractivity contribution in [3.63, 3.8) is 0 Å². The summed E-state index contributed by atoms with van der Waals surface area (Å²) in [6.07, 6.45) is 1.65. The number of furan rings is 1. The van der Waals surface area contributed by atoms with E-state index in [0.717, 1.165) is 11.3 Å². The first-order chi connectivity index (χ1) is 12.3. The van der Waals surface area contributed by atoms with E-state index in [1.165, 1.54) is 0 Å². The molecule has 0 aliphatic rings. The number of benzene rings is 1. The number of aromatic nitrogens is 2. The molecule has 0 saturated carbocycles. The first-order valence-corrected chi connectivity index (χ1v) is 8.12. The topological polar surface area (TPSA) is 88.5 Å². The maximum atomic E-state index is 5.39. The third-order valence-corrected chi connectivity index (χ3v) is 3.70. The highest BCUT2D eigenvalue weighted by Gasteiger charge is 2.15. The maximum absolute atomic E-state index is 5.39. The van der Waals surface area contributed by atoms with Crippen LogP contribution in [0.5, 0.6) is 0 Å². The molecule has 26 heavy (non-hydrogen) atoms. The van der Waals surface area contributed by atoms with Crippen LogP contribution in [0.15, 0.2) is 62.7 Å². The second kappa shape index (κ2) is 9.95. The summed E-state index contributed by atoms with van der Waals surface area (Å²) < 4.78 is 10.7. The van der Waals surface area contributed by atoms with Gasteiger partial charge in [-0.05, 0) is 12.1 Å². The van der Waals surface area contributed by atoms with Crippen molar-refractivity contribution in [2.75, 3.05) is 13.6 Å². The van der Waals surface area contributed by atoms with E-state index in [9.17, 15) is 0 Å². The molecule has 1 atom stereocenters. The molecule has 138 valence electrons. The molecule has 0 aliphatic heterocycles. The zero-order valence-electron chi connectivity index (χ0n) is 14.7. The SMILES string of the molecule is CN=C(NCc1ccco1)NCC(C)c1nc(-c2ccccc2)no1.I. The van der Waals surface area contributed by atoms with Gasteiger partial charge < -0.3 is 19.6 Å². The standard InChI is InChI=1S/C18H21N5O2.HI/c1-13(11-20-18(19-2)21-12-15-9-6-10-24-15)17-22-16(23-25-17)14-7-4-3-5-8-14;/h3-10,13H,11-12H2,1-2H3,(H2,19,20,21);1H. The summed E-state index contributed by atoms with van der Waals surface area (Å²) in [4.78, 5) is 8.67. The van der Waals surface area contributed by atoms with Crippen molar-refractivity contribution in [3.05, 3.63) is 60.4 Å². The molecule has 0 amide bonds. The number of aliphatic imine (C=N–C) groups is 1. The van der Waals surface area contributed by atoms with Gasteiger partial charge in [-0.3, -0.25) is 4.99 Å². The van der Waals surface area contributed by atoms with E-state index >= 15 is 0 Å². The van der Waals surface area contributed by atoms with Crippen LogP contribution in [0.1, 0.15) is 24.5 Å². The van der Waals surface area contributed by atoms with E-state index in [4.69, 9.17) is 8.94 Å². The Hall–Kier alpha value is -2.36. The van der Waals surface area contributed by atoms with Crippen molar-refractivity contribution in [1.82, 2.24) is 20.8 Å². The first-order valence-electron chi connectivity index (χ1n) is 8.12. The van der Waals surface area contributed by atoms with Gasteiger partial charge >= 0.3 is 0 Å². The van der Waals surface area contributed by atoms with Crippen LogP contribution >= 0.6 is 24.0 Å². The van der Waals surface area contributed by atoms with Crippen LogP contribution in [0.25, 0.3) is 11.4 Å². The second-order valence-corrected chi connectivity index (χ2v) is 5.61. The number of hydrogen-bond acceptors (Lipinski definition) is 5. The van der Waals surface area contributed by atoms with E-state index in [1.54, 1.807) is 13.3 Å². The number of rotatable bonds is 6. The Labute approximate surface area is 169 Å². The summed E-state index contributed by atoms with van der Waals surface area (Å²) in [6, 6.07) is 13.5. The van der Waals surface area contributed by atoms with Gasteiger partial charge in [0.1, 0.15) is 5.76 Å². The van der Waals surface area contributed by atoms with Crippen molar-refractivity contribution in [1.29, 1.82) is 0 Å². The van der Waals surface area contributed by atoms with Crippen LogP contribution in [-0.2, 0) is 6.54 Å². The van der Waals surface area contributed by atoms with Crippen LogP contribution in [0.3, 0.4) is 0 Å². The van der Waals surface area contributed by atoms with E-state index in [2.05, 4.69) is 25.8 Å². The molecule has 0 bridgehead atoms. The van der Waals surface area contributed by atoms with Crippen LogP contribution in [0.2, 0.25) is 0 Å². The summed E-state index contributed by atoms with van der Waals surface area (Å²) in [7, 11) is 1.72. The zero-order chi connectivity index (χ0) is 17.5. The predicted molar refractivity (Wildman–Crippen MR) is 110 cm³/mol. The average Bonchev–Trinajstić information content (AvgIpc) is 3.34. The van der Waals surface area contributed by atoms with Crippen molar-refractivity contribution in [2.45, 2.75) is 19.4 Å². The first kappa shape index (κ1) is 20.0. The molecule has 7 nitrogen and oxygen atoms in total. The summed E-state index contributed by atoms with van der Waals surface area (Å²) in [6.45, 7) is 3.21. The monoisotopic (exact) mass is 467 g/mol. The molecule has 2 N–H and O–H groups in total. The lowest BCUT2D eigenvalue weighted by molar-refractivity contribution is 0.358. The van der Waals surface area contributed by atoms with Crippen LogP contribution < -0.4 is 10.6 Å². The van der Waals surface area contributed by atoms with Gasteiger partial charge in [0, 0.05) is 19.2 Å². The lowest BCUT2D eigenvalue weighted by Crippen LogP contribution is -2.38. The third-order valence-electron chi connectivity index (χ3n) is 3.70. The average molecular weight is 467 g/mol.